The molecule has 0 amide bonds. The van der Waals surface area contributed by atoms with E-state index in [1.54, 1.807) is 25.1 Å². The van der Waals surface area contributed by atoms with Crippen molar-refractivity contribution in [2.45, 2.75) is 13.5 Å². The molecule has 0 saturated carbocycles. The molecule has 7 nitrogen and oxygen atoms in total. The van der Waals surface area contributed by atoms with Gasteiger partial charge in [0.2, 0.25) is 0 Å². The zero-order valence-electron chi connectivity index (χ0n) is 12.4. The number of rotatable bonds is 4. The summed E-state index contributed by atoms with van der Waals surface area (Å²) < 4.78 is 10.5. The minimum absolute atomic E-state index is 0.170. The lowest BCUT2D eigenvalue weighted by atomic mass is 10.2. The highest BCUT2D eigenvalue weighted by atomic mass is 16.9. The van der Waals surface area contributed by atoms with Crippen molar-refractivity contribution in [1.29, 1.82) is 0 Å². The molecule has 1 aliphatic heterocycles. The molecule has 0 bridgehead atoms. The highest BCUT2D eigenvalue weighted by molar-refractivity contribution is 5.90. The van der Waals surface area contributed by atoms with E-state index in [-0.39, 0.29) is 30.3 Å². The maximum atomic E-state index is 11.6. The number of esters is 1. The van der Waals surface area contributed by atoms with Gasteiger partial charge in [0.25, 0.3) is 0 Å². The summed E-state index contributed by atoms with van der Waals surface area (Å²) in [5.41, 5.74) is 1.54. The zero-order chi connectivity index (χ0) is 16.4. The van der Waals surface area contributed by atoms with Crippen LogP contribution >= 0.6 is 0 Å². The highest BCUT2D eigenvalue weighted by Gasteiger charge is 2.19. The van der Waals surface area contributed by atoms with Gasteiger partial charge in [0.1, 0.15) is 18.0 Å². The van der Waals surface area contributed by atoms with Crippen molar-refractivity contribution in [3.8, 4) is 17.2 Å². The molecule has 7 heteroatoms. The first kappa shape index (κ1) is 15.1. The van der Waals surface area contributed by atoms with Gasteiger partial charge in [0.15, 0.2) is 11.5 Å². The monoisotopic (exact) mass is 317 g/mol. The molecular formula is C16H15NO6. The standard InChI is InChI=1S/C16H15NO6/c1-2-21-16(19)10-3-6-15(14(18)8-10)23-12-4-5-13-11(7-12)9-22-17(13)20/h3-8,18,20H,2,9H2,1H3. The number of hydrogen-bond acceptors (Lipinski definition) is 7. The van der Waals surface area contributed by atoms with E-state index in [1.165, 1.54) is 18.2 Å². The number of carbonyl (C=O) groups excluding carboxylic acids is 1. The van der Waals surface area contributed by atoms with E-state index in [9.17, 15) is 15.1 Å². The average molecular weight is 317 g/mol. The first-order valence-electron chi connectivity index (χ1n) is 7.01. The van der Waals surface area contributed by atoms with E-state index in [4.69, 9.17) is 14.3 Å². The van der Waals surface area contributed by atoms with Crippen LogP contribution in [0.15, 0.2) is 36.4 Å². The lowest BCUT2D eigenvalue weighted by Gasteiger charge is -2.10. The van der Waals surface area contributed by atoms with Gasteiger partial charge >= 0.3 is 5.97 Å². The molecule has 2 N–H and O–H groups in total. The van der Waals surface area contributed by atoms with Gasteiger partial charge in [-0.05, 0) is 43.3 Å². The van der Waals surface area contributed by atoms with Crippen LogP contribution in [0.25, 0.3) is 0 Å². The third-order valence-electron chi connectivity index (χ3n) is 3.30. The van der Waals surface area contributed by atoms with Crippen LogP contribution in [0.1, 0.15) is 22.8 Å². The Balaban J connectivity index is 1.79. The summed E-state index contributed by atoms with van der Waals surface area (Å²) in [5.74, 6) is 0.00255. The number of phenols is 1. The lowest BCUT2D eigenvalue weighted by Crippen LogP contribution is -2.10. The van der Waals surface area contributed by atoms with Crippen molar-refractivity contribution in [2.24, 2.45) is 0 Å². The molecule has 0 fully saturated rings. The SMILES string of the molecule is CCOC(=O)c1ccc(Oc2ccc3c(c2)CON3O)c(O)c1. The summed E-state index contributed by atoms with van der Waals surface area (Å²) in [5, 5.41) is 20.1. The summed E-state index contributed by atoms with van der Waals surface area (Å²) in [4.78, 5) is 16.6. The fraction of sp³-hybridized carbons (Fsp3) is 0.188. The Morgan fingerprint density at radius 2 is 2.13 bits per heavy atom. The van der Waals surface area contributed by atoms with E-state index in [2.05, 4.69) is 0 Å². The summed E-state index contributed by atoms with van der Waals surface area (Å²) in [6.07, 6.45) is 0. The maximum Gasteiger partial charge on any atom is 0.338 e. The molecular weight excluding hydrogens is 302 g/mol. The molecule has 0 saturated heterocycles. The van der Waals surface area contributed by atoms with Gasteiger partial charge in [-0.25, -0.2) is 9.63 Å². The van der Waals surface area contributed by atoms with Gasteiger partial charge in [0.05, 0.1) is 12.2 Å². The quantitative estimate of drug-likeness (QED) is 0.838. The number of phenolic OH excluding ortho intramolecular Hbond substituents is 1. The number of carbonyl (C=O) groups is 1. The van der Waals surface area contributed by atoms with Crippen LogP contribution in [0.5, 0.6) is 17.2 Å². The molecule has 0 spiro atoms. The molecule has 2 aromatic carbocycles. The second-order valence-electron chi connectivity index (χ2n) is 4.84. The second-order valence-corrected chi connectivity index (χ2v) is 4.84. The summed E-state index contributed by atoms with van der Waals surface area (Å²) in [6.45, 7) is 2.20. The van der Waals surface area contributed by atoms with E-state index < -0.39 is 5.97 Å². The minimum Gasteiger partial charge on any atom is -0.504 e. The number of fused-ring (bicyclic) bond motifs is 1. The van der Waals surface area contributed by atoms with Crippen LogP contribution in [-0.4, -0.2) is 22.9 Å². The van der Waals surface area contributed by atoms with Gasteiger partial charge in [0, 0.05) is 5.56 Å². The molecule has 3 rings (SSSR count). The molecule has 1 heterocycles. The number of hydrogen-bond donors (Lipinski definition) is 2. The number of benzene rings is 2. The molecule has 0 aromatic heterocycles. The predicted molar refractivity (Wildman–Crippen MR) is 79.6 cm³/mol. The molecule has 2 aromatic rings. The molecule has 120 valence electrons. The Hall–Kier alpha value is -2.77. The number of anilines is 1. The van der Waals surface area contributed by atoms with Crippen LogP contribution in [0, 0.1) is 0 Å². The van der Waals surface area contributed by atoms with Gasteiger partial charge in [-0.15, -0.1) is 5.23 Å². The Kier molecular flexibility index (Phi) is 4.05. The molecule has 0 atom stereocenters. The summed E-state index contributed by atoms with van der Waals surface area (Å²) in [6, 6.07) is 9.27. The van der Waals surface area contributed by atoms with Gasteiger partial charge in [-0.1, -0.05) is 0 Å². The van der Waals surface area contributed by atoms with Crippen molar-refractivity contribution in [1.82, 2.24) is 0 Å². The number of ether oxygens (including phenoxy) is 2. The van der Waals surface area contributed by atoms with E-state index >= 15 is 0 Å². The van der Waals surface area contributed by atoms with Crippen LogP contribution in [0.4, 0.5) is 5.69 Å². The van der Waals surface area contributed by atoms with Gasteiger partial charge < -0.3 is 14.6 Å². The number of aromatic hydroxyl groups is 1. The van der Waals surface area contributed by atoms with Crippen molar-refractivity contribution in [3.05, 3.63) is 47.5 Å². The van der Waals surface area contributed by atoms with E-state index in [0.717, 1.165) is 5.56 Å². The van der Waals surface area contributed by atoms with Crippen molar-refractivity contribution < 1.29 is 29.4 Å². The van der Waals surface area contributed by atoms with Crippen LogP contribution in [-0.2, 0) is 16.2 Å². The van der Waals surface area contributed by atoms with E-state index in [0.29, 0.717) is 16.7 Å². The van der Waals surface area contributed by atoms with Crippen molar-refractivity contribution in [2.75, 3.05) is 11.8 Å². The maximum absolute atomic E-state index is 11.6. The van der Waals surface area contributed by atoms with E-state index in [1.807, 2.05) is 0 Å². The third-order valence-corrected chi connectivity index (χ3v) is 3.30. The number of nitrogens with zero attached hydrogens (tertiary/aromatic N) is 1. The molecule has 0 unspecified atom stereocenters. The lowest BCUT2D eigenvalue weighted by molar-refractivity contribution is -0.0329. The zero-order valence-corrected chi connectivity index (χ0v) is 12.4. The third kappa shape index (κ3) is 3.05. The van der Waals surface area contributed by atoms with Crippen molar-refractivity contribution >= 4 is 11.7 Å². The smallest absolute Gasteiger partial charge is 0.338 e. The molecule has 0 radical (unpaired) electrons. The van der Waals surface area contributed by atoms with Gasteiger partial charge in [-0.3, -0.25) is 5.21 Å². The Morgan fingerprint density at radius 3 is 2.87 bits per heavy atom. The first-order chi connectivity index (χ1) is 11.1. The van der Waals surface area contributed by atoms with Crippen molar-refractivity contribution in [3.63, 3.8) is 0 Å². The normalized spacial score (nSPS) is 12.9. The van der Waals surface area contributed by atoms with Gasteiger partial charge in [-0.2, -0.15) is 0 Å². The van der Waals surface area contributed by atoms with Crippen LogP contribution in [0.3, 0.4) is 0 Å². The van der Waals surface area contributed by atoms with Crippen LogP contribution in [0.2, 0.25) is 0 Å². The molecule has 0 aliphatic carbocycles. The Labute approximate surface area is 132 Å². The molecule has 1 aliphatic rings. The Morgan fingerprint density at radius 1 is 1.30 bits per heavy atom. The Bertz CT molecular complexity index is 745. The summed E-state index contributed by atoms with van der Waals surface area (Å²) >= 11 is 0. The average Bonchev–Trinajstić information content (AvgIpc) is 2.90. The van der Waals surface area contributed by atoms with Crippen LogP contribution < -0.4 is 9.96 Å². The largest absolute Gasteiger partial charge is 0.504 e. The highest BCUT2D eigenvalue weighted by Crippen LogP contribution is 2.35. The molecule has 23 heavy (non-hydrogen) atoms. The topological polar surface area (TPSA) is 88.5 Å². The fourth-order valence-electron chi connectivity index (χ4n) is 2.20. The fourth-order valence-corrected chi connectivity index (χ4v) is 2.20. The minimum atomic E-state index is -0.507. The summed E-state index contributed by atoms with van der Waals surface area (Å²) in [7, 11) is 0. The predicted octanol–water partition coefficient (Wildman–Crippen LogP) is 3.00. The second kappa shape index (κ2) is 6.15. The first-order valence-corrected chi connectivity index (χ1v) is 7.01.